The van der Waals surface area contributed by atoms with Crippen molar-refractivity contribution in [2.45, 2.75) is 23.8 Å². The van der Waals surface area contributed by atoms with Gasteiger partial charge in [-0.2, -0.15) is 4.31 Å². The van der Waals surface area contributed by atoms with Crippen LogP contribution in [0.25, 0.3) is 0 Å². The van der Waals surface area contributed by atoms with Crippen LogP contribution < -0.4 is 5.32 Å². The number of sulfonamides is 1. The van der Waals surface area contributed by atoms with Gasteiger partial charge in [-0.1, -0.05) is 0 Å². The van der Waals surface area contributed by atoms with Crippen LogP contribution in [0.3, 0.4) is 0 Å². The molecule has 7 nitrogen and oxygen atoms in total. The van der Waals surface area contributed by atoms with Crippen molar-refractivity contribution in [1.82, 2.24) is 19.3 Å². The zero-order chi connectivity index (χ0) is 15.6. The monoisotopic (exact) mass is 319 g/mol. The third-order valence-corrected chi connectivity index (χ3v) is 5.59. The SMILES string of the molecule is CNc1cncc([C@H]2CCCN2S(=O)(=O)c2cccnc2)n1. The van der Waals surface area contributed by atoms with Crippen LogP contribution in [-0.2, 0) is 10.0 Å². The van der Waals surface area contributed by atoms with Crippen LogP contribution in [0.4, 0.5) is 5.82 Å². The van der Waals surface area contributed by atoms with Gasteiger partial charge in [0.25, 0.3) is 0 Å². The Bertz CT molecular complexity index is 751. The van der Waals surface area contributed by atoms with Gasteiger partial charge in [0, 0.05) is 26.0 Å². The fourth-order valence-electron chi connectivity index (χ4n) is 2.62. The van der Waals surface area contributed by atoms with Crippen LogP contribution >= 0.6 is 0 Å². The Morgan fingerprint density at radius 3 is 2.86 bits per heavy atom. The molecule has 2 aromatic rings. The number of aromatic nitrogens is 3. The van der Waals surface area contributed by atoms with E-state index in [4.69, 9.17) is 0 Å². The van der Waals surface area contributed by atoms with E-state index in [9.17, 15) is 8.42 Å². The molecule has 3 heterocycles. The normalized spacial score (nSPS) is 19.2. The summed E-state index contributed by atoms with van der Waals surface area (Å²) in [5.41, 5.74) is 0.664. The summed E-state index contributed by atoms with van der Waals surface area (Å²) in [6.45, 7) is 0.480. The Labute approximate surface area is 129 Å². The summed E-state index contributed by atoms with van der Waals surface area (Å²) in [6, 6.07) is 2.90. The molecule has 1 aliphatic rings. The third kappa shape index (κ3) is 2.67. The summed E-state index contributed by atoms with van der Waals surface area (Å²) in [5, 5.41) is 2.92. The lowest BCUT2D eigenvalue weighted by molar-refractivity contribution is 0.390. The van der Waals surface area contributed by atoms with E-state index in [-0.39, 0.29) is 10.9 Å². The van der Waals surface area contributed by atoms with Gasteiger partial charge in [-0.3, -0.25) is 9.97 Å². The van der Waals surface area contributed by atoms with Gasteiger partial charge in [-0.05, 0) is 25.0 Å². The Morgan fingerprint density at radius 1 is 1.27 bits per heavy atom. The molecule has 8 heteroatoms. The molecule has 0 amide bonds. The largest absolute Gasteiger partial charge is 0.372 e. The smallest absolute Gasteiger partial charge is 0.245 e. The molecule has 1 atom stereocenters. The van der Waals surface area contributed by atoms with Crippen LogP contribution in [-0.4, -0.2) is 41.3 Å². The maximum absolute atomic E-state index is 12.8. The second kappa shape index (κ2) is 5.98. The van der Waals surface area contributed by atoms with Crippen molar-refractivity contribution in [2.24, 2.45) is 0 Å². The zero-order valence-corrected chi connectivity index (χ0v) is 13.0. The van der Waals surface area contributed by atoms with E-state index >= 15 is 0 Å². The predicted molar refractivity (Wildman–Crippen MR) is 81.7 cm³/mol. The van der Waals surface area contributed by atoms with Gasteiger partial charge in [0.15, 0.2) is 0 Å². The molecule has 3 rings (SSSR count). The quantitative estimate of drug-likeness (QED) is 0.917. The molecule has 0 aliphatic carbocycles. The Balaban J connectivity index is 1.96. The number of hydrogen-bond acceptors (Lipinski definition) is 6. The first kappa shape index (κ1) is 14.9. The van der Waals surface area contributed by atoms with Crippen molar-refractivity contribution in [3.63, 3.8) is 0 Å². The van der Waals surface area contributed by atoms with Gasteiger partial charge in [0.05, 0.1) is 24.1 Å². The maximum Gasteiger partial charge on any atom is 0.245 e. The molecule has 0 unspecified atom stereocenters. The molecule has 116 valence electrons. The Kier molecular flexibility index (Phi) is 4.04. The molecule has 0 aromatic carbocycles. The second-order valence-electron chi connectivity index (χ2n) is 5.04. The molecule has 0 bridgehead atoms. The van der Waals surface area contributed by atoms with E-state index in [1.165, 1.54) is 10.5 Å². The van der Waals surface area contributed by atoms with Gasteiger partial charge < -0.3 is 5.32 Å². The molecular weight excluding hydrogens is 302 g/mol. The minimum absolute atomic E-state index is 0.208. The summed E-state index contributed by atoms with van der Waals surface area (Å²) in [6.07, 6.45) is 7.71. The number of nitrogens with one attached hydrogen (secondary N) is 1. The number of hydrogen-bond donors (Lipinski definition) is 1. The van der Waals surface area contributed by atoms with Crippen molar-refractivity contribution in [1.29, 1.82) is 0 Å². The van der Waals surface area contributed by atoms with E-state index in [1.807, 2.05) is 0 Å². The fourth-order valence-corrected chi connectivity index (χ4v) is 4.25. The van der Waals surface area contributed by atoms with E-state index in [0.717, 1.165) is 12.8 Å². The van der Waals surface area contributed by atoms with Gasteiger partial charge >= 0.3 is 0 Å². The Morgan fingerprint density at radius 2 is 2.14 bits per heavy atom. The topological polar surface area (TPSA) is 88.1 Å². The standard InChI is InChI=1S/C14H17N5O2S/c1-15-14-10-17-9-12(18-14)13-5-3-7-19(13)22(20,21)11-4-2-6-16-8-11/h2,4,6,8-10,13H,3,5,7H2,1H3,(H,15,18)/t13-/m1/s1. The summed E-state index contributed by atoms with van der Waals surface area (Å²) in [5.74, 6) is 0.628. The van der Waals surface area contributed by atoms with E-state index in [2.05, 4.69) is 20.3 Å². The van der Waals surface area contributed by atoms with Crippen LogP contribution in [0.2, 0.25) is 0 Å². The predicted octanol–water partition coefficient (Wildman–Crippen LogP) is 1.44. The highest BCUT2D eigenvalue weighted by atomic mass is 32.2. The number of nitrogens with zero attached hydrogens (tertiary/aromatic N) is 4. The molecule has 1 fully saturated rings. The minimum atomic E-state index is -3.57. The molecule has 0 radical (unpaired) electrons. The van der Waals surface area contributed by atoms with Gasteiger partial charge in [-0.25, -0.2) is 13.4 Å². The molecule has 0 saturated carbocycles. The van der Waals surface area contributed by atoms with Crippen molar-refractivity contribution >= 4 is 15.8 Å². The number of pyridine rings is 1. The van der Waals surface area contributed by atoms with Crippen LogP contribution in [0.15, 0.2) is 41.8 Å². The van der Waals surface area contributed by atoms with Crippen molar-refractivity contribution < 1.29 is 8.42 Å². The first-order valence-electron chi connectivity index (χ1n) is 7.04. The van der Waals surface area contributed by atoms with Gasteiger partial charge in [0.1, 0.15) is 10.7 Å². The third-order valence-electron chi connectivity index (χ3n) is 3.70. The average Bonchev–Trinajstić information content (AvgIpc) is 3.06. The fraction of sp³-hybridized carbons (Fsp3) is 0.357. The molecular formula is C14H17N5O2S. The molecule has 1 aliphatic heterocycles. The molecule has 0 spiro atoms. The maximum atomic E-state index is 12.8. The molecule has 22 heavy (non-hydrogen) atoms. The van der Waals surface area contributed by atoms with Crippen LogP contribution in [0.5, 0.6) is 0 Å². The van der Waals surface area contributed by atoms with Crippen LogP contribution in [0, 0.1) is 0 Å². The van der Waals surface area contributed by atoms with Crippen molar-refractivity contribution in [2.75, 3.05) is 18.9 Å². The van der Waals surface area contributed by atoms with E-state index in [1.54, 1.807) is 37.8 Å². The highest BCUT2D eigenvalue weighted by molar-refractivity contribution is 7.89. The summed E-state index contributed by atoms with van der Waals surface area (Å²) >= 11 is 0. The molecule has 1 N–H and O–H groups in total. The summed E-state index contributed by atoms with van der Waals surface area (Å²) in [7, 11) is -1.82. The van der Waals surface area contributed by atoms with Crippen molar-refractivity contribution in [3.8, 4) is 0 Å². The molecule has 2 aromatic heterocycles. The highest BCUT2D eigenvalue weighted by Gasteiger charge is 2.37. The Hall–Kier alpha value is -2.06. The first-order valence-corrected chi connectivity index (χ1v) is 8.48. The van der Waals surface area contributed by atoms with Gasteiger partial charge in [0.2, 0.25) is 10.0 Å². The number of rotatable bonds is 4. The highest BCUT2D eigenvalue weighted by Crippen LogP contribution is 2.35. The summed E-state index contributed by atoms with van der Waals surface area (Å²) < 4.78 is 27.1. The summed E-state index contributed by atoms with van der Waals surface area (Å²) in [4.78, 5) is 12.7. The lowest BCUT2D eigenvalue weighted by Crippen LogP contribution is -2.31. The zero-order valence-electron chi connectivity index (χ0n) is 12.2. The molecule has 1 saturated heterocycles. The average molecular weight is 319 g/mol. The van der Waals surface area contributed by atoms with Crippen LogP contribution in [0.1, 0.15) is 24.6 Å². The lowest BCUT2D eigenvalue weighted by Gasteiger charge is -2.23. The number of anilines is 1. The van der Waals surface area contributed by atoms with Gasteiger partial charge in [-0.15, -0.1) is 0 Å². The lowest BCUT2D eigenvalue weighted by atomic mass is 10.2. The first-order chi connectivity index (χ1) is 10.6. The second-order valence-corrected chi connectivity index (χ2v) is 6.93. The van der Waals surface area contributed by atoms with E-state index in [0.29, 0.717) is 18.1 Å². The van der Waals surface area contributed by atoms with E-state index < -0.39 is 10.0 Å². The van der Waals surface area contributed by atoms with Crippen molar-refractivity contribution in [3.05, 3.63) is 42.6 Å². The minimum Gasteiger partial charge on any atom is -0.372 e.